The van der Waals surface area contributed by atoms with Crippen LogP contribution in [0, 0.1) is 5.82 Å². The lowest BCUT2D eigenvalue weighted by Gasteiger charge is -2.15. The predicted molar refractivity (Wildman–Crippen MR) is 78.6 cm³/mol. The number of hydrogen-bond donors (Lipinski definition) is 1. The molecule has 19 heavy (non-hydrogen) atoms. The van der Waals surface area contributed by atoms with Gasteiger partial charge in [0.2, 0.25) is 0 Å². The summed E-state index contributed by atoms with van der Waals surface area (Å²) in [5.41, 5.74) is 7.57. The number of nitrogens with two attached hydrogens (primary N) is 1. The highest BCUT2D eigenvalue weighted by molar-refractivity contribution is 7.15. The lowest BCUT2D eigenvalue weighted by molar-refractivity contribution is 0.628. The minimum atomic E-state index is -0.246. The molecule has 1 heterocycles. The van der Waals surface area contributed by atoms with Gasteiger partial charge in [-0.25, -0.2) is 9.37 Å². The van der Waals surface area contributed by atoms with E-state index in [-0.39, 0.29) is 5.82 Å². The Hall–Kier alpha value is -1.46. The van der Waals surface area contributed by atoms with Crippen LogP contribution in [0.1, 0.15) is 30.3 Å². The van der Waals surface area contributed by atoms with E-state index in [0.717, 1.165) is 21.4 Å². The molecule has 102 valence electrons. The quantitative estimate of drug-likeness (QED) is 0.929. The van der Waals surface area contributed by atoms with E-state index in [4.69, 9.17) is 5.73 Å². The van der Waals surface area contributed by atoms with Crippen LogP contribution in [0.25, 0.3) is 0 Å². The zero-order valence-electron chi connectivity index (χ0n) is 11.4. The van der Waals surface area contributed by atoms with E-state index in [0.29, 0.717) is 12.5 Å². The maximum Gasteiger partial charge on any atom is 0.190 e. The minimum Gasteiger partial charge on any atom is -0.326 e. The Morgan fingerprint density at radius 2 is 2.16 bits per heavy atom. The van der Waals surface area contributed by atoms with E-state index in [1.807, 2.05) is 18.0 Å². The Kier molecular flexibility index (Phi) is 4.17. The second-order valence-corrected chi connectivity index (χ2v) is 5.76. The Morgan fingerprint density at radius 1 is 1.42 bits per heavy atom. The fraction of sp³-hybridized carbons (Fsp3) is 0.357. The zero-order chi connectivity index (χ0) is 14.0. The maximum atomic E-state index is 13.3. The number of nitrogens with zero attached hydrogens (tertiary/aromatic N) is 2. The topological polar surface area (TPSA) is 42.2 Å². The lowest BCUT2D eigenvalue weighted by atomic mass is 10.1. The molecule has 3 nitrogen and oxygen atoms in total. The molecule has 0 radical (unpaired) electrons. The van der Waals surface area contributed by atoms with Crippen LogP contribution in [0.3, 0.4) is 0 Å². The van der Waals surface area contributed by atoms with Crippen LogP contribution in [0.5, 0.6) is 0 Å². The summed E-state index contributed by atoms with van der Waals surface area (Å²) >= 11 is 1.56. The third-order valence-electron chi connectivity index (χ3n) is 2.93. The zero-order valence-corrected chi connectivity index (χ0v) is 12.2. The molecule has 2 rings (SSSR count). The van der Waals surface area contributed by atoms with E-state index in [1.165, 1.54) is 12.1 Å². The summed E-state index contributed by atoms with van der Waals surface area (Å²) < 4.78 is 13.3. The fourth-order valence-corrected chi connectivity index (χ4v) is 2.96. The summed E-state index contributed by atoms with van der Waals surface area (Å²) in [6.07, 6.45) is 0. The molecule has 0 aliphatic heterocycles. The van der Waals surface area contributed by atoms with Crippen LogP contribution >= 0.6 is 11.3 Å². The molecule has 0 amide bonds. The van der Waals surface area contributed by atoms with E-state index in [9.17, 15) is 4.39 Å². The molecule has 0 fully saturated rings. The lowest BCUT2D eigenvalue weighted by Crippen LogP contribution is -2.09. The Morgan fingerprint density at radius 3 is 2.68 bits per heavy atom. The number of aromatic nitrogens is 1. The number of anilines is 2. The van der Waals surface area contributed by atoms with Crippen molar-refractivity contribution in [1.29, 1.82) is 0 Å². The molecule has 5 heteroatoms. The first-order chi connectivity index (χ1) is 9.02. The third kappa shape index (κ3) is 2.93. The number of benzene rings is 1. The van der Waals surface area contributed by atoms with Crippen LogP contribution in [-0.2, 0) is 6.54 Å². The van der Waals surface area contributed by atoms with E-state index >= 15 is 0 Å². The highest BCUT2D eigenvalue weighted by Crippen LogP contribution is 2.33. The monoisotopic (exact) mass is 279 g/mol. The first-order valence-corrected chi connectivity index (χ1v) is 7.03. The van der Waals surface area contributed by atoms with Gasteiger partial charge in [0.05, 0.1) is 5.69 Å². The van der Waals surface area contributed by atoms with Crippen LogP contribution in [0.15, 0.2) is 24.3 Å². The summed E-state index contributed by atoms with van der Waals surface area (Å²) in [7, 11) is 1.89. The highest BCUT2D eigenvalue weighted by Gasteiger charge is 2.16. The Balaban J connectivity index is 2.36. The Bertz CT molecular complexity index is 566. The summed E-state index contributed by atoms with van der Waals surface area (Å²) in [4.78, 5) is 7.61. The second kappa shape index (κ2) is 5.67. The van der Waals surface area contributed by atoms with Gasteiger partial charge in [0.1, 0.15) is 5.82 Å². The fourth-order valence-electron chi connectivity index (χ4n) is 1.89. The first kappa shape index (κ1) is 14.0. The summed E-state index contributed by atoms with van der Waals surface area (Å²) in [6, 6.07) is 6.49. The van der Waals surface area contributed by atoms with Gasteiger partial charge < -0.3 is 10.6 Å². The van der Waals surface area contributed by atoms with Gasteiger partial charge in [0, 0.05) is 24.2 Å². The highest BCUT2D eigenvalue weighted by atomic mass is 32.1. The normalized spacial score (nSPS) is 11.1. The maximum absolute atomic E-state index is 13.3. The van der Waals surface area contributed by atoms with E-state index < -0.39 is 0 Å². The van der Waals surface area contributed by atoms with Gasteiger partial charge in [-0.05, 0) is 24.1 Å². The molecule has 0 spiro atoms. The van der Waals surface area contributed by atoms with Crippen molar-refractivity contribution in [3.05, 3.63) is 40.7 Å². The van der Waals surface area contributed by atoms with Crippen molar-refractivity contribution in [3.63, 3.8) is 0 Å². The molecule has 0 unspecified atom stereocenters. The molecule has 0 aliphatic carbocycles. The van der Waals surface area contributed by atoms with Gasteiger partial charge >= 0.3 is 0 Å². The van der Waals surface area contributed by atoms with Crippen molar-refractivity contribution < 1.29 is 4.39 Å². The van der Waals surface area contributed by atoms with E-state index in [2.05, 4.69) is 18.8 Å². The van der Waals surface area contributed by atoms with Gasteiger partial charge in [-0.2, -0.15) is 0 Å². The van der Waals surface area contributed by atoms with Crippen LogP contribution in [-0.4, -0.2) is 12.0 Å². The Labute approximate surface area is 116 Å². The standard InChI is InChI=1S/C14H18FN3S/c1-9(2)13-12(8-16)19-14(17-13)18(3)11-6-4-5-10(15)7-11/h4-7,9H,8,16H2,1-3H3. The largest absolute Gasteiger partial charge is 0.326 e. The molecule has 0 atom stereocenters. The van der Waals surface area contributed by atoms with Crippen molar-refractivity contribution in [2.24, 2.45) is 5.73 Å². The number of thiazole rings is 1. The van der Waals surface area contributed by atoms with Crippen LogP contribution < -0.4 is 10.6 Å². The summed E-state index contributed by atoms with van der Waals surface area (Å²) in [6.45, 7) is 4.68. The molecule has 1 aromatic heterocycles. The molecule has 0 aliphatic rings. The molecular formula is C14H18FN3S. The molecular weight excluding hydrogens is 261 g/mol. The summed E-state index contributed by atoms with van der Waals surface area (Å²) in [5.74, 6) is 0.0912. The van der Waals surface area contributed by atoms with Crippen molar-refractivity contribution in [1.82, 2.24) is 4.98 Å². The number of halogens is 1. The minimum absolute atomic E-state index is 0.246. The molecule has 0 saturated heterocycles. The second-order valence-electron chi connectivity index (χ2n) is 4.70. The predicted octanol–water partition coefficient (Wildman–Crippen LogP) is 3.63. The summed E-state index contributed by atoms with van der Waals surface area (Å²) in [5, 5.41) is 0.842. The average molecular weight is 279 g/mol. The van der Waals surface area contributed by atoms with Crippen LogP contribution in [0.2, 0.25) is 0 Å². The molecule has 2 N–H and O–H groups in total. The number of rotatable bonds is 4. The molecule has 1 aromatic carbocycles. The van der Waals surface area contributed by atoms with Crippen molar-refractivity contribution in [3.8, 4) is 0 Å². The van der Waals surface area contributed by atoms with Crippen molar-refractivity contribution >= 4 is 22.2 Å². The van der Waals surface area contributed by atoms with Gasteiger partial charge in [-0.15, -0.1) is 0 Å². The van der Waals surface area contributed by atoms with E-state index in [1.54, 1.807) is 17.4 Å². The van der Waals surface area contributed by atoms with Gasteiger partial charge in [-0.1, -0.05) is 31.3 Å². The van der Waals surface area contributed by atoms with Crippen molar-refractivity contribution in [2.45, 2.75) is 26.3 Å². The average Bonchev–Trinajstić information content (AvgIpc) is 2.82. The smallest absolute Gasteiger partial charge is 0.190 e. The first-order valence-electron chi connectivity index (χ1n) is 6.22. The van der Waals surface area contributed by atoms with Crippen molar-refractivity contribution in [2.75, 3.05) is 11.9 Å². The van der Waals surface area contributed by atoms with Gasteiger partial charge in [-0.3, -0.25) is 0 Å². The number of hydrogen-bond acceptors (Lipinski definition) is 4. The van der Waals surface area contributed by atoms with Gasteiger partial charge in [0.15, 0.2) is 5.13 Å². The molecule has 0 bridgehead atoms. The van der Waals surface area contributed by atoms with Gasteiger partial charge in [0.25, 0.3) is 0 Å². The molecule has 0 saturated carbocycles. The van der Waals surface area contributed by atoms with Crippen LogP contribution in [0.4, 0.5) is 15.2 Å². The third-order valence-corrected chi connectivity index (χ3v) is 4.10. The molecule has 2 aromatic rings. The SMILES string of the molecule is CC(C)c1nc(N(C)c2cccc(F)c2)sc1CN.